The predicted octanol–water partition coefficient (Wildman–Crippen LogP) is 6.48. The van der Waals surface area contributed by atoms with Gasteiger partial charge in [-0.1, -0.05) is 56.6 Å². The standard InChI is InChI=1S/C30H47NO6/c1-20-10-13-24(37-28(34)31-36-19-27(32)33)18-23(20)12-11-22-9-7-17-30(5)25(14-15-26(22)30)21(2)8-6-16-29(3,4)35/h11-12,21,24-26,35H,1,6-10,13-19H2,2-5H3,(H,31,34)(H,32,33). The maximum atomic E-state index is 11.9. The van der Waals surface area contributed by atoms with Crippen LogP contribution in [-0.2, 0) is 14.4 Å². The van der Waals surface area contributed by atoms with Gasteiger partial charge in [-0.05, 0) is 94.0 Å². The summed E-state index contributed by atoms with van der Waals surface area (Å²) in [6.07, 6.45) is 14.8. The molecule has 5 unspecified atom stereocenters. The molecule has 1 amide bonds. The Kier molecular flexibility index (Phi) is 10.0. The number of carboxylic acid groups (broad SMARTS) is 1. The van der Waals surface area contributed by atoms with Gasteiger partial charge in [-0.15, -0.1) is 0 Å². The Hall–Kier alpha value is -2.12. The molecule has 37 heavy (non-hydrogen) atoms. The summed E-state index contributed by atoms with van der Waals surface area (Å²) in [6.45, 7) is 12.4. The van der Waals surface area contributed by atoms with Crippen molar-refractivity contribution >= 4 is 12.1 Å². The van der Waals surface area contributed by atoms with Gasteiger partial charge in [-0.3, -0.25) is 4.84 Å². The molecule has 3 rings (SSSR count). The molecule has 0 spiro atoms. The second kappa shape index (κ2) is 12.6. The third kappa shape index (κ3) is 8.18. The number of ether oxygens (including phenoxy) is 1. The minimum atomic E-state index is -1.17. The molecule has 3 aliphatic rings. The molecule has 0 aromatic rings. The summed E-state index contributed by atoms with van der Waals surface area (Å²) >= 11 is 0. The van der Waals surface area contributed by atoms with Crippen molar-refractivity contribution in [1.29, 1.82) is 0 Å². The van der Waals surface area contributed by atoms with E-state index >= 15 is 0 Å². The monoisotopic (exact) mass is 517 g/mol. The molecule has 0 radical (unpaired) electrons. The van der Waals surface area contributed by atoms with Gasteiger partial charge in [0.15, 0.2) is 6.61 Å². The number of amides is 1. The van der Waals surface area contributed by atoms with Gasteiger partial charge >= 0.3 is 12.1 Å². The summed E-state index contributed by atoms with van der Waals surface area (Å²) in [5.74, 6) is 0.831. The highest BCUT2D eigenvalue weighted by Gasteiger charge is 2.50. The Morgan fingerprint density at radius 2 is 2.00 bits per heavy atom. The minimum Gasteiger partial charge on any atom is -0.479 e. The van der Waals surface area contributed by atoms with Gasteiger partial charge in [0.25, 0.3) is 0 Å². The van der Waals surface area contributed by atoms with Crippen LogP contribution in [0.2, 0.25) is 0 Å². The van der Waals surface area contributed by atoms with E-state index < -0.39 is 24.3 Å². The Bertz CT molecular complexity index is 900. The average Bonchev–Trinajstić information content (AvgIpc) is 3.16. The molecule has 7 heteroatoms. The lowest BCUT2D eigenvalue weighted by Gasteiger charge is -2.44. The van der Waals surface area contributed by atoms with Crippen LogP contribution in [0.25, 0.3) is 0 Å². The molecule has 208 valence electrons. The Balaban J connectivity index is 1.61. The molecule has 3 saturated carbocycles. The molecule has 5 atom stereocenters. The van der Waals surface area contributed by atoms with Crippen LogP contribution in [0.5, 0.6) is 0 Å². The largest absolute Gasteiger partial charge is 0.479 e. The van der Waals surface area contributed by atoms with Gasteiger partial charge in [-0.25, -0.2) is 9.59 Å². The lowest BCUT2D eigenvalue weighted by Crippen LogP contribution is -2.36. The van der Waals surface area contributed by atoms with E-state index in [1.54, 1.807) is 5.57 Å². The molecule has 3 N–H and O–H groups in total. The normalized spacial score (nSPS) is 31.3. The van der Waals surface area contributed by atoms with E-state index in [1.165, 1.54) is 32.1 Å². The molecule has 0 saturated heterocycles. The Labute approximate surface area is 222 Å². The zero-order chi connectivity index (χ0) is 27.2. The van der Waals surface area contributed by atoms with E-state index in [4.69, 9.17) is 9.84 Å². The molecular weight excluding hydrogens is 470 g/mol. The number of hydrogen-bond donors (Lipinski definition) is 3. The molecule has 0 aliphatic heterocycles. The summed E-state index contributed by atoms with van der Waals surface area (Å²) in [6, 6.07) is 0. The van der Waals surface area contributed by atoms with E-state index in [0.29, 0.717) is 30.1 Å². The fraction of sp³-hybridized carbons (Fsp3) is 0.733. The van der Waals surface area contributed by atoms with Crippen molar-refractivity contribution in [3.63, 3.8) is 0 Å². The van der Waals surface area contributed by atoms with Crippen molar-refractivity contribution < 1.29 is 29.4 Å². The smallest absolute Gasteiger partial charge is 0.431 e. The van der Waals surface area contributed by atoms with Crippen molar-refractivity contribution in [2.75, 3.05) is 6.61 Å². The van der Waals surface area contributed by atoms with E-state index in [2.05, 4.69) is 37.4 Å². The summed E-state index contributed by atoms with van der Waals surface area (Å²) in [5, 5.41) is 18.7. The number of carboxylic acids is 1. The first kappa shape index (κ1) is 29.4. The minimum absolute atomic E-state index is 0.291. The van der Waals surface area contributed by atoms with Crippen LogP contribution >= 0.6 is 0 Å². The van der Waals surface area contributed by atoms with Crippen LogP contribution in [0.4, 0.5) is 4.79 Å². The van der Waals surface area contributed by atoms with Crippen LogP contribution < -0.4 is 5.48 Å². The fourth-order valence-corrected chi connectivity index (χ4v) is 7.09. The van der Waals surface area contributed by atoms with Crippen molar-refractivity contribution in [2.45, 2.75) is 110 Å². The summed E-state index contributed by atoms with van der Waals surface area (Å²) in [4.78, 5) is 27.1. The van der Waals surface area contributed by atoms with Crippen molar-refractivity contribution in [3.05, 3.63) is 35.5 Å². The maximum absolute atomic E-state index is 11.9. The summed E-state index contributed by atoms with van der Waals surface area (Å²) < 4.78 is 5.44. The number of carbonyl (C=O) groups is 2. The quantitative estimate of drug-likeness (QED) is 0.286. The average molecular weight is 518 g/mol. The van der Waals surface area contributed by atoms with Gasteiger partial charge in [-0.2, -0.15) is 5.48 Å². The highest BCUT2D eigenvalue weighted by Crippen LogP contribution is 2.60. The number of carbonyl (C=O) groups excluding carboxylic acids is 1. The molecular formula is C30H47NO6. The van der Waals surface area contributed by atoms with Crippen molar-refractivity contribution in [3.8, 4) is 0 Å². The van der Waals surface area contributed by atoms with E-state index in [9.17, 15) is 14.7 Å². The SMILES string of the molecule is C=C1CCC(OC(=O)NOCC(=O)O)CC1=CC=C1CCCC2(C)C1CCC2C(C)CCCC(C)(C)O. The molecule has 7 nitrogen and oxygen atoms in total. The second-order valence-corrected chi connectivity index (χ2v) is 12.4. The lowest BCUT2D eigenvalue weighted by atomic mass is 9.60. The Morgan fingerprint density at radius 1 is 1.24 bits per heavy atom. The second-order valence-electron chi connectivity index (χ2n) is 12.4. The highest BCUT2D eigenvalue weighted by molar-refractivity contribution is 5.69. The van der Waals surface area contributed by atoms with Gasteiger partial charge < -0.3 is 14.9 Å². The molecule has 0 aromatic heterocycles. The number of allylic oxidation sites excluding steroid dienone is 4. The number of rotatable bonds is 10. The maximum Gasteiger partial charge on any atom is 0.431 e. The van der Waals surface area contributed by atoms with Gasteiger partial charge in [0, 0.05) is 6.42 Å². The topological polar surface area (TPSA) is 105 Å². The number of hydrogen-bond acceptors (Lipinski definition) is 5. The predicted molar refractivity (Wildman–Crippen MR) is 144 cm³/mol. The zero-order valence-electron chi connectivity index (χ0n) is 23.2. The van der Waals surface area contributed by atoms with Crippen LogP contribution in [0.15, 0.2) is 35.5 Å². The third-order valence-electron chi connectivity index (χ3n) is 8.97. The van der Waals surface area contributed by atoms with Crippen molar-refractivity contribution in [1.82, 2.24) is 5.48 Å². The lowest BCUT2D eigenvalue weighted by molar-refractivity contribution is -0.144. The number of aliphatic hydroxyl groups is 1. The highest BCUT2D eigenvalue weighted by atomic mass is 16.7. The number of hydroxylamine groups is 1. The molecule has 0 heterocycles. The first-order valence-corrected chi connectivity index (χ1v) is 14.0. The molecule has 0 bridgehead atoms. The van der Waals surface area contributed by atoms with Crippen molar-refractivity contribution in [2.24, 2.45) is 23.2 Å². The summed E-state index contributed by atoms with van der Waals surface area (Å²) in [7, 11) is 0. The fourth-order valence-electron chi connectivity index (χ4n) is 7.09. The summed E-state index contributed by atoms with van der Waals surface area (Å²) in [5.41, 5.74) is 5.52. The first-order chi connectivity index (χ1) is 17.4. The van der Waals surface area contributed by atoms with E-state index in [0.717, 1.165) is 42.7 Å². The van der Waals surface area contributed by atoms with Gasteiger partial charge in [0.05, 0.1) is 5.60 Å². The van der Waals surface area contributed by atoms with Crippen LogP contribution in [0.3, 0.4) is 0 Å². The number of aliphatic carboxylic acids is 1. The first-order valence-electron chi connectivity index (χ1n) is 14.0. The number of fused-ring (bicyclic) bond motifs is 1. The molecule has 3 aliphatic carbocycles. The van der Waals surface area contributed by atoms with Crippen LogP contribution in [-0.4, -0.2) is 40.6 Å². The zero-order valence-corrected chi connectivity index (χ0v) is 23.2. The van der Waals surface area contributed by atoms with Gasteiger partial charge in [0.1, 0.15) is 6.10 Å². The van der Waals surface area contributed by atoms with E-state index in [1.807, 2.05) is 19.3 Å². The molecule has 3 fully saturated rings. The molecule has 0 aromatic carbocycles. The number of nitrogens with one attached hydrogen (secondary N) is 1. The van der Waals surface area contributed by atoms with Crippen LogP contribution in [0.1, 0.15) is 98.3 Å². The van der Waals surface area contributed by atoms with Crippen LogP contribution in [0, 0.1) is 23.2 Å². The third-order valence-corrected chi connectivity index (χ3v) is 8.97. The van der Waals surface area contributed by atoms with E-state index in [-0.39, 0.29) is 6.10 Å². The Morgan fingerprint density at radius 3 is 2.70 bits per heavy atom. The van der Waals surface area contributed by atoms with Gasteiger partial charge in [0.2, 0.25) is 0 Å².